The van der Waals surface area contributed by atoms with Gasteiger partial charge in [-0.2, -0.15) is 0 Å². The number of halogens is 1. The van der Waals surface area contributed by atoms with Crippen LogP contribution < -0.4 is 10.5 Å². The first-order valence-corrected chi connectivity index (χ1v) is 4.79. The number of carboxylic acid groups (broad SMARTS) is 1. The van der Waals surface area contributed by atoms with E-state index in [2.05, 4.69) is 0 Å². The van der Waals surface area contributed by atoms with Crippen molar-refractivity contribution in [1.82, 2.24) is 0 Å². The van der Waals surface area contributed by atoms with Gasteiger partial charge < -0.3 is 15.6 Å². The largest absolute Gasteiger partial charge is 0.496 e. The van der Waals surface area contributed by atoms with Crippen LogP contribution in [0.25, 0.3) is 0 Å². The van der Waals surface area contributed by atoms with Crippen LogP contribution in [0.3, 0.4) is 0 Å². The monoisotopic (exact) mass is 227 g/mol. The van der Waals surface area contributed by atoms with E-state index in [0.717, 1.165) is 0 Å². The smallest absolute Gasteiger partial charge is 0.320 e. The lowest BCUT2D eigenvalue weighted by molar-refractivity contribution is -0.138. The Kier molecular flexibility index (Phi) is 4.25. The second-order valence-corrected chi connectivity index (χ2v) is 3.38. The van der Waals surface area contributed by atoms with E-state index >= 15 is 0 Å². The van der Waals surface area contributed by atoms with Gasteiger partial charge >= 0.3 is 5.97 Å². The number of rotatable bonds is 5. The van der Waals surface area contributed by atoms with E-state index in [-0.39, 0.29) is 6.42 Å². The Morgan fingerprint density at radius 2 is 2.31 bits per heavy atom. The van der Waals surface area contributed by atoms with E-state index in [1.165, 1.54) is 7.11 Å². The van der Waals surface area contributed by atoms with Crippen LogP contribution in [0.15, 0.2) is 18.2 Å². The zero-order valence-electron chi connectivity index (χ0n) is 8.94. The maximum absolute atomic E-state index is 12.8. The second-order valence-electron chi connectivity index (χ2n) is 3.38. The highest BCUT2D eigenvalue weighted by Crippen LogP contribution is 2.24. The number of nitrogens with two attached hydrogens (primary N) is 1. The summed E-state index contributed by atoms with van der Waals surface area (Å²) in [5.74, 6) is -0.690. The number of benzene rings is 1. The first kappa shape index (κ1) is 12.4. The number of carbonyl (C=O) groups is 1. The molecule has 0 aromatic heterocycles. The Labute approximate surface area is 92.8 Å². The molecule has 5 heteroatoms. The van der Waals surface area contributed by atoms with Gasteiger partial charge in [-0.1, -0.05) is 12.1 Å². The summed E-state index contributed by atoms with van der Waals surface area (Å²) in [6.07, 6.45) is 0.0891. The molecule has 0 heterocycles. The Morgan fingerprint density at radius 3 is 2.81 bits per heavy atom. The van der Waals surface area contributed by atoms with E-state index in [1.54, 1.807) is 18.2 Å². The zero-order valence-corrected chi connectivity index (χ0v) is 8.94. The zero-order chi connectivity index (χ0) is 12.1. The van der Waals surface area contributed by atoms with Crippen LogP contribution in [-0.4, -0.2) is 24.2 Å². The summed E-state index contributed by atoms with van der Waals surface area (Å²) in [6, 6.07) is 3.93. The van der Waals surface area contributed by atoms with Crippen molar-refractivity contribution in [2.45, 2.75) is 19.1 Å². The van der Waals surface area contributed by atoms with Gasteiger partial charge in [0.25, 0.3) is 0 Å². The molecule has 1 aromatic rings. The first-order chi connectivity index (χ1) is 7.60. The lowest BCUT2D eigenvalue weighted by Crippen LogP contribution is -2.32. The van der Waals surface area contributed by atoms with Crippen LogP contribution in [0.4, 0.5) is 4.39 Å². The first-order valence-electron chi connectivity index (χ1n) is 4.79. The summed E-state index contributed by atoms with van der Waals surface area (Å²) < 4.78 is 17.8. The number of methoxy groups -OCH3 is 1. The van der Waals surface area contributed by atoms with Crippen LogP contribution in [0.2, 0.25) is 0 Å². The van der Waals surface area contributed by atoms with Gasteiger partial charge in [0.15, 0.2) is 0 Å². The molecule has 0 radical (unpaired) electrons. The number of aliphatic carboxylic acids is 1. The van der Waals surface area contributed by atoms with Crippen molar-refractivity contribution in [3.05, 3.63) is 29.3 Å². The maximum Gasteiger partial charge on any atom is 0.320 e. The molecule has 1 unspecified atom stereocenters. The fourth-order valence-corrected chi connectivity index (χ4v) is 1.47. The predicted molar refractivity (Wildman–Crippen MR) is 57.1 cm³/mol. The minimum absolute atomic E-state index is 0.0891. The summed E-state index contributed by atoms with van der Waals surface area (Å²) in [4.78, 5) is 10.6. The van der Waals surface area contributed by atoms with Crippen molar-refractivity contribution in [2.75, 3.05) is 7.11 Å². The van der Waals surface area contributed by atoms with Crippen LogP contribution in [-0.2, 0) is 17.9 Å². The van der Waals surface area contributed by atoms with Crippen molar-refractivity contribution in [1.29, 1.82) is 0 Å². The molecule has 0 aliphatic rings. The predicted octanol–water partition coefficient (Wildman–Crippen LogP) is 1.12. The Bertz CT molecular complexity index is 381. The van der Waals surface area contributed by atoms with Gasteiger partial charge in [0.05, 0.1) is 7.11 Å². The van der Waals surface area contributed by atoms with Crippen LogP contribution >= 0.6 is 0 Å². The summed E-state index contributed by atoms with van der Waals surface area (Å²) in [6.45, 7) is -0.703. The normalized spacial score (nSPS) is 12.2. The molecule has 0 amide bonds. The van der Waals surface area contributed by atoms with Crippen molar-refractivity contribution in [3.8, 4) is 5.75 Å². The molecule has 1 aromatic carbocycles. The van der Waals surface area contributed by atoms with Crippen molar-refractivity contribution >= 4 is 5.97 Å². The van der Waals surface area contributed by atoms with Crippen molar-refractivity contribution < 1.29 is 19.0 Å². The van der Waals surface area contributed by atoms with Crippen molar-refractivity contribution in [3.63, 3.8) is 0 Å². The van der Waals surface area contributed by atoms with E-state index in [4.69, 9.17) is 15.6 Å². The molecular formula is C11H14FNO3. The minimum atomic E-state index is -1.10. The molecule has 0 spiro atoms. The molecule has 0 saturated carbocycles. The molecule has 0 aliphatic carbocycles. The van der Waals surface area contributed by atoms with Crippen molar-refractivity contribution in [2.24, 2.45) is 5.73 Å². The summed E-state index contributed by atoms with van der Waals surface area (Å²) in [5.41, 5.74) is 6.33. The lowest BCUT2D eigenvalue weighted by Gasteiger charge is -2.13. The third-order valence-corrected chi connectivity index (χ3v) is 2.34. The molecular weight excluding hydrogens is 213 g/mol. The number of ether oxygens (including phenoxy) is 1. The minimum Gasteiger partial charge on any atom is -0.496 e. The van der Waals surface area contributed by atoms with E-state index in [9.17, 15) is 9.18 Å². The summed E-state index contributed by atoms with van der Waals surface area (Å²) in [5, 5.41) is 8.68. The highest BCUT2D eigenvalue weighted by molar-refractivity contribution is 5.73. The lowest BCUT2D eigenvalue weighted by atomic mass is 10.0. The quantitative estimate of drug-likeness (QED) is 0.790. The standard InChI is InChI=1S/C11H14FNO3/c1-16-10-4-2-3-7(8(10)6-12)5-9(13)11(14)15/h2-4,9H,5-6,13H2,1H3,(H,14,15). The van der Waals surface area contributed by atoms with Crippen LogP contribution in [0, 0.1) is 0 Å². The maximum atomic E-state index is 12.8. The Hall–Kier alpha value is -1.62. The molecule has 3 N–H and O–H groups in total. The van der Waals surface area contributed by atoms with Crippen LogP contribution in [0.1, 0.15) is 11.1 Å². The molecule has 16 heavy (non-hydrogen) atoms. The number of carboxylic acids is 1. The SMILES string of the molecule is COc1cccc(CC(N)C(=O)O)c1CF. The van der Waals surface area contributed by atoms with Crippen LogP contribution in [0.5, 0.6) is 5.75 Å². The summed E-state index contributed by atoms with van der Waals surface area (Å²) in [7, 11) is 1.44. The third kappa shape index (κ3) is 2.70. The van der Waals surface area contributed by atoms with E-state index in [0.29, 0.717) is 16.9 Å². The van der Waals surface area contributed by atoms with E-state index in [1.807, 2.05) is 0 Å². The van der Waals surface area contributed by atoms with E-state index < -0.39 is 18.7 Å². The average Bonchev–Trinajstić information content (AvgIpc) is 2.28. The average molecular weight is 227 g/mol. The molecule has 4 nitrogen and oxygen atoms in total. The number of alkyl halides is 1. The van der Waals surface area contributed by atoms with Gasteiger partial charge in [-0.05, 0) is 18.1 Å². The highest BCUT2D eigenvalue weighted by Gasteiger charge is 2.16. The Morgan fingerprint density at radius 1 is 1.62 bits per heavy atom. The molecule has 0 aliphatic heterocycles. The molecule has 0 saturated heterocycles. The fraction of sp³-hybridized carbons (Fsp3) is 0.364. The molecule has 1 rings (SSSR count). The second kappa shape index (κ2) is 5.46. The molecule has 0 fully saturated rings. The van der Waals surface area contributed by atoms with Gasteiger partial charge in [0.1, 0.15) is 18.5 Å². The topological polar surface area (TPSA) is 72.5 Å². The Balaban J connectivity index is 2.99. The molecule has 0 bridgehead atoms. The van der Waals surface area contributed by atoms with Gasteiger partial charge in [0, 0.05) is 5.56 Å². The number of hydrogen-bond donors (Lipinski definition) is 2. The van der Waals surface area contributed by atoms with Gasteiger partial charge in [-0.15, -0.1) is 0 Å². The molecule has 88 valence electrons. The third-order valence-electron chi connectivity index (χ3n) is 2.34. The van der Waals surface area contributed by atoms with Gasteiger partial charge in [0.2, 0.25) is 0 Å². The van der Waals surface area contributed by atoms with Gasteiger partial charge in [-0.25, -0.2) is 4.39 Å². The fourth-order valence-electron chi connectivity index (χ4n) is 1.47. The van der Waals surface area contributed by atoms with Gasteiger partial charge in [-0.3, -0.25) is 4.79 Å². The summed E-state index contributed by atoms with van der Waals surface area (Å²) >= 11 is 0. The molecule has 1 atom stereocenters. The number of hydrogen-bond acceptors (Lipinski definition) is 3. The highest BCUT2D eigenvalue weighted by atomic mass is 19.1.